The summed E-state index contributed by atoms with van der Waals surface area (Å²) in [4.78, 5) is 11.6. The minimum atomic E-state index is -0.316. The number of methoxy groups -OCH3 is 1. The molecule has 0 N–H and O–H groups in total. The van der Waals surface area contributed by atoms with E-state index in [9.17, 15) is 4.79 Å². The van der Waals surface area contributed by atoms with E-state index in [-0.39, 0.29) is 10.8 Å². The lowest BCUT2D eigenvalue weighted by atomic mass is 10.2. The molecule has 15 heavy (non-hydrogen) atoms. The molecule has 1 unspecified atom stereocenters. The average molecular weight is 273 g/mol. The molecule has 1 atom stereocenters. The minimum Gasteiger partial charge on any atom is -0.497 e. The second-order valence-electron chi connectivity index (χ2n) is 3.11. The van der Waals surface area contributed by atoms with Crippen molar-refractivity contribution in [1.82, 2.24) is 0 Å². The molecule has 0 saturated carbocycles. The van der Waals surface area contributed by atoms with E-state index in [0.717, 1.165) is 5.75 Å². The molecular weight excluding hydrogens is 260 g/mol. The molecule has 0 amide bonds. The lowest BCUT2D eigenvalue weighted by Crippen LogP contribution is -2.11. The van der Waals surface area contributed by atoms with Crippen LogP contribution >= 0.6 is 15.9 Å². The second kappa shape index (κ2) is 5.75. The van der Waals surface area contributed by atoms with Gasteiger partial charge in [0.25, 0.3) is 0 Å². The standard InChI is InChI=1S/C11H13BrO3/c1-8(12)7-15-11(13)9-3-5-10(14-2)6-4-9/h3-6,8H,7H2,1-2H3. The van der Waals surface area contributed by atoms with Gasteiger partial charge >= 0.3 is 5.97 Å². The summed E-state index contributed by atoms with van der Waals surface area (Å²) in [6.45, 7) is 2.28. The molecule has 1 rings (SSSR count). The highest BCUT2D eigenvalue weighted by atomic mass is 79.9. The fourth-order valence-corrected chi connectivity index (χ4v) is 1.13. The maximum Gasteiger partial charge on any atom is 0.338 e. The Morgan fingerprint density at radius 1 is 1.40 bits per heavy atom. The van der Waals surface area contributed by atoms with E-state index in [0.29, 0.717) is 12.2 Å². The van der Waals surface area contributed by atoms with Crippen molar-refractivity contribution in [2.24, 2.45) is 0 Å². The number of carbonyl (C=O) groups excluding carboxylic acids is 1. The van der Waals surface area contributed by atoms with E-state index in [1.54, 1.807) is 31.4 Å². The normalized spacial score (nSPS) is 11.9. The Balaban J connectivity index is 2.58. The van der Waals surface area contributed by atoms with Gasteiger partial charge < -0.3 is 9.47 Å². The van der Waals surface area contributed by atoms with Gasteiger partial charge in [-0.3, -0.25) is 0 Å². The smallest absolute Gasteiger partial charge is 0.338 e. The molecule has 0 aliphatic carbocycles. The van der Waals surface area contributed by atoms with E-state index in [1.807, 2.05) is 6.92 Å². The van der Waals surface area contributed by atoms with Gasteiger partial charge in [-0.15, -0.1) is 0 Å². The molecule has 82 valence electrons. The van der Waals surface area contributed by atoms with E-state index in [1.165, 1.54) is 0 Å². The topological polar surface area (TPSA) is 35.5 Å². The Bertz CT molecular complexity index is 319. The van der Waals surface area contributed by atoms with Gasteiger partial charge in [0.1, 0.15) is 12.4 Å². The zero-order chi connectivity index (χ0) is 11.3. The first kappa shape index (κ1) is 12.0. The average Bonchev–Trinajstić information content (AvgIpc) is 2.26. The minimum absolute atomic E-state index is 0.166. The SMILES string of the molecule is COc1ccc(C(=O)OCC(C)Br)cc1. The number of halogens is 1. The van der Waals surface area contributed by atoms with Crippen LogP contribution in [-0.4, -0.2) is 24.5 Å². The quantitative estimate of drug-likeness (QED) is 0.625. The highest BCUT2D eigenvalue weighted by molar-refractivity contribution is 9.09. The van der Waals surface area contributed by atoms with Crippen molar-refractivity contribution in [3.63, 3.8) is 0 Å². The molecule has 0 fully saturated rings. The monoisotopic (exact) mass is 272 g/mol. The molecule has 0 heterocycles. The second-order valence-corrected chi connectivity index (χ2v) is 4.67. The predicted octanol–water partition coefficient (Wildman–Crippen LogP) is 2.64. The van der Waals surface area contributed by atoms with Crippen molar-refractivity contribution in [2.45, 2.75) is 11.8 Å². The van der Waals surface area contributed by atoms with E-state index in [2.05, 4.69) is 15.9 Å². The Hall–Kier alpha value is -1.03. The third-order valence-electron chi connectivity index (χ3n) is 1.77. The number of rotatable bonds is 4. The number of hydrogen-bond acceptors (Lipinski definition) is 3. The molecule has 0 bridgehead atoms. The van der Waals surface area contributed by atoms with Crippen LogP contribution in [0.4, 0.5) is 0 Å². The van der Waals surface area contributed by atoms with Gasteiger partial charge in [0.2, 0.25) is 0 Å². The largest absolute Gasteiger partial charge is 0.497 e. The Morgan fingerprint density at radius 3 is 2.47 bits per heavy atom. The highest BCUT2D eigenvalue weighted by Crippen LogP contribution is 2.12. The lowest BCUT2D eigenvalue weighted by molar-refractivity contribution is 0.0512. The van der Waals surface area contributed by atoms with Crippen LogP contribution in [0.5, 0.6) is 5.75 Å². The van der Waals surface area contributed by atoms with Crippen molar-refractivity contribution in [3.8, 4) is 5.75 Å². The van der Waals surface area contributed by atoms with Crippen LogP contribution in [0, 0.1) is 0 Å². The number of carbonyl (C=O) groups is 1. The summed E-state index contributed by atoms with van der Waals surface area (Å²) in [6.07, 6.45) is 0. The first-order chi connectivity index (χ1) is 7.13. The van der Waals surface area contributed by atoms with Gasteiger partial charge in [-0.25, -0.2) is 4.79 Å². The van der Waals surface area contributed by atoms with Gasteiger partial charge in [0.15, 0.2) is 0 Å². The van der Waals surface area contributed by atoms with E-state index in [4.69, 9.17) is 9.47 Å². The summed E-state index contributed by atoms with van der Waals surface area (Å²) >= 11 is 3.30. The van der Waals surface area contributed by atoms with E-state index >= 15 is 0 Å². The zero-order valence-electron chi connectivity index (χ0n) is 8.70. The summed E-state index contributed by atoms with van der Waals surface area (Å²) in [7, 11) is 1.58. The van der Waals surface area contributed by atoms with E-state index < -0.39 is 0 Å². The molecule has 0 aliphatic heterocycles. The number of hydrogen-bond donors (Lipinski definition) is 0. The van der Waals surface area contributed by atoms with Gasteiger partial charge in [0, 0.05) is 4.83 Å². The van der Waals surface area contributed by atoms with Crippen LogP contribution in [0.3, 0.4) is 0 Å². The fourth-order valence-electron chi connectivity index (χ4n) is 1.00. The van der Waals surface area contributed by atoms with Gasteiger partial charge in [-0.2, -0.15) is 0 Å². The van der Waals surface area contributed by atoms with Gasteiger partial charge in [-0.1, -0.05) is 15.9 Å². The Morgan fingerprint density at radius 2 is 2.00 bits per heavy atom. The van der Waals surface area contributed by atoms with Gasteiger partial charge in [0.05, 0.1) is 12.7 Å². The summed E-state index contributed by atoms with van der Waals surface area (Å²) in [5.41, 5.74) is 0.531. The van der Waals surface area contributed by atoms with Crippen LogP contribution in [-0.2, 0) is 4.74 Å². The van der Waals surface area contributed by atoms with Crippen molar-refractivity contribution in [1.29, 1.82) is 0 Å². The first-order valence-electron chi connectivity index (χ1n) is 4.58. The molecule has 4 heteroatoms. The molecule has 0 aromatic heterocycles. The molecule has 1 aromatic rings. The fraction of sp³-hybridized carbons (Fsp3) is 0.364. The summed E-state index contributed by atoms with van der Waals surface area (Å²) in [5, 5.41) is 0. The number of esters is 1. The summed E-state index contributed by atoms with van der Waals surface area (Å²) in [6, 6.07) is 6.82. The number of benzene rings is 1. The molecule has 0 spiro atoms. The zero-order valence-corrected chi connectivity index (χ0v) is 10.3. The number of ether oxygens (including phenoxy) is 2. The molecule has 0 radical (unpaired) electrons. The first-order valence-corrected chi connectivity index (χ1v) is 5.50. The molecular formula is C11H13BrO3. The Kier molecular flexibility index (Phi) is 4.62. The maximum absolute atomic E-state index is 11.5. The van der Waals surface area contributed by atoms with Crippen molar-refractivity contribution < 1.29 is 14.3 Å². The van der Waals surface area contributed by atoms with Crippen molar-refractivity contribution in [2.75, 3.05) is 13.7 Å². The summed E-state index contributed by atoms with van der Waals surface area (Å²) < 4.78 is 10.0. The van der Waals surface area contributed by atoms with Crippen LogP contribution in [0.1, 0.15) is 17.3 Å². The highest BCUT2D eigenvalue weighted by Gasteiger charge is 2.08. The molecule has 0 saturated heterocycles. The molecule has 3 nitrogen and oxygen atoms in total. The van der Waals surface area contributed by atoms with Crippen LogP contribution in [0.25, 0.3) is 0 Å². The van der Waals surface area contributed by atoms with Crippen LogP contribution < -0.4 is 4.74 Å². The van der Waals surface area contributed by atoms with Crippen LogP contribution in [0.15, 0.2) is 24.3 Å². The van der Waals surface area contributed by atoms with Crippen molar-refractivity contribution in [3.05, 3.63) is 29.8 Å². The molecule has 0 aliphatic rings. The number of alkyl halides is 1. The molecule has 1 aromatic carbocycles. The predicted molar refractivity (Wildman–Crippen MR) is 61.7 cm³/mol. The maximum atomic E-state index is 11.5. The summed E-state index contributed by atoms with van der Waals surface area (Å²) in [5.74, 6) is 0.407. The van der Waals surface area contributed by atoms with Crippen LogP contribution in [0.2, 0.25) is 0 Å². The third kappa shape index (κ3) is 3.91. The Labute approximate surface area is 97.5 Å². The van der Waals surface area contributed by atoms with Gasteiger partial charge in [-0.05, 0) is 31.2 Å². The van der Waals surface area contributed by atoms with Crippen molar-refractivity contribution >= 4 is 21.9 Å². The third-order valence-corrected chi connectivity index (χ3v) is 2.03. The lowest BCUT2D eigenvalue weighted by Gasteiger charge is -2.06.